The average Bonchev–Trinajstić information content (AvgIpc) is 3.33. The molecule has 0 aliphatic carbocycles. The lowest BCUT2D eigenvalue weighted by Crippen LogP contribution is -2.36. The summed E-state index contributed by atoms with van der Waals surface area (Å²) in [6, 6.07) is 12.5. The van der Waals surface area contributed by atoms with E-state index in [2.05, 4.69) is 16.7 Å². The summed E-state index contributed by atoms with van der Waals surface area (Å²) in [5, 5.41) is 7.69. The van der Waals surface area contributed by atoms with Gasteiger partial charge < -0.3 is 20.0 Å². The minimum Gasteiger partial charge on any atom is -0.459 e. The Hall–Kier alpha value is -3.06. The Morgan fingerprint density at radius 3 is 2.56 bits per heavy atom. The van der Waals surface area contributed by atoms with E-state index in [1.54, 1.807) is 47.5 Å². The first-order chi connectivity index (χ1) is 13.0. The monoisotopic (exact) mass is 383 g/mol. The molecular weight excluding hydrogens is 362 g/mol. The number of carbonyl (C=O) groups is 2. The normalized spacial score (nSPS) is 10.4. The molecule has 0 aliphatic heterocycles. The van der Waals surface area contributed by atoms with Crippen LogP contribution in [0.15, 0.2) is 58.5 Å². The van der Waals surface area contributed by atoms with E-state index in [-0.39, 0.29) is 17.7 Å². The summed E-state index contributed by atoms with van der Waals surface area (Å²) in [5.74, 6) is -0.0399. The van der Waals surface area contributed by atoms with Crippen LogP contribution in [0.1, 0.15) is 26.6 Å². The van der Waals surface area contributed by atoms with Gasteiger partial charge in [0.15, 0.2) is 5.76 Å². The van der Waals surface area contributed by atoms with Gasteiger partial charge in [0, 0.05) is 24.2 Å². The predicted molar refractivity (Wildman–Crippen MR) is 106 cm³/mol. The maximum atomic E-state index is 12.2. The molecule has 27 heavy (non-hydrogen) atoms. The molecule has 6 nitrogen and oxygen atoms in total. The Bertz CT molecular complexity index is 901. The summed E-state index contributed by atoms with van der Waals surface area (Å²) in [5.41, 5.74) is 2.81. The van der Waals surface area contributed by atoms with Gasteiger partial charge in [-0.3, -0.25) is 4.79 Å². The molecule has 3 aromatic rings. The summed E-state index contributed by atoms with van der Waals surface area (Å²) in [7, 11) is 1.78. The van der Waals surface area contributed by atoms with Gasteiger partial charge in [-0.15, -0.1) is 11.3 Å². The number of aryl methyl sites for hydroxylation is 1. The molecule has 0 radical (unpaired) electrons. The number of benzene rings is 1. The predicted octanol–water partition coefficient (Wildman–Crippen LogP) is 4.24. The lowest BCUT2D eigenvalue weighted by molar-refractivity contribution is 0.0996. The zero-order chi connectivity index (χ0) is 19.2. The van der Waals surface area contributed by atoms with E-state index in [4.69, 9.17) is 4.42 Å². The maximum absolute atomic E-state index is 12.2. The Labute approximate surface area is 161 Å². The number of amides is 3. The number of rotatable bonds is 6. The lowest BCUT2D eigenvalue weighted by Gasteiger charge is -2.18. The molecule has 0 spiro atoms. The van der Waals surface area contributed by atoms with E-state index in [9.17, 15) is 9.59 Å². The topological polar surface area (TPSA) is 74.6 Å². The molecule has 0 fully saturated rings. The number of nitrogens with one attached hydrogen (secondary N) is 2. The van der Waals surface area contributed by atoms with E-state index in [0.717, 1.165) is 5.56 Å². The van der Waals surface area contributed by atoms with Crippen molar-refractivity contribution < 1.29 is 14.0 Å². The molecule has 140 valence electrons. The van der Waals surface area contributed by atoms with Gasteiger partial charge >= 0.3 is 6.03 Å². The molecular formula is C20H21N3O3S. The molecule has 0 atom stereocenters. The van der Waals surface area contributed by atoms with Gasteiger partial charge in [0.2, 0.25) is 0 Å². The largest absolute Gasteiger partial charge is 0.459 e. The van der Waals surface area contributed by atoms with Gasteiger partial charge in [0.05, 0.1) is 12.8 Å². The Morgan fingerprint density at radius 1 is 1.15 bits per heavy atom. The molecule has 0 saturated heterocycles. The number of nitrogens with zero attached hydrogens (tertiary/aromatic N) is 1. The highest BCUT2D eigenvalue weighted by Crippen LogP contribution is 2.17. The fourth-order valence-corrected chi connectivity index (χ4v) is 3.43. The SMILES string of the molecule is Cc1ccsc1CN(C)C(=O)NCc1ccc(NC(=O)c2ccco2)cc1. The van der Waals surface area contributed by atoms with E-state index < -0.39 is 0 Å². The van der Waals surface area contributed by atoms with Crippen molar-refractivity contribution in [1.82, 2.24) is 10.2 Å². The van der Waals surface area contributed by atoms with E-state index in [1.807, 2.05) is 24.4 Å². The van der Waals surface area contributed by atoms with Crippen LogP contribution in [0.4, 0.5) is 10.5 Å². The van der Waals surface area contributed by atoms with Gasteiger partial charge in [0.25, 0.3) is 5.91 Å². The number of thiophene rings is 1. The highest BCUT2D eigenvalue weighted by atomic mass is 32.1. The zero-order valence-electron chi connectivity index (χ0n) is 15.2. The van der Waals surface area contributed by atoms with Crippen LogP contribution in [0.5, 0.6) is 0 Å². The zero-order valence-corrected chi connectivity index (χ0v) is 16.0. The third kappa shape index (κ3) is 4.98. The quantitative estimate of drug-likeness (QED) is 0.668. The van der Waals surface area contributed by atoms with Crippen LogP contribution in [-0.2, 0) is 13.1 Å². The first-order valence-electron chi connectivity index (χ1n) is 8.48. The maximum Gasteiger partial charge on any atom is 0.317 e. The second kappa shape index (κ2) is 8.55. The van der Waals surface area contributed by atoms with E-state index in [1.165, 1.54) is 16.7 Å². The Morgan fingerprint density at radius 2 is 1.93 bits per heavy atom. The number of hydrogen-bond acceptors (Lipinski definition) is 4. The standard InChI is InChI=1S/C20H21N3O3S/c1-14-9-11-27-18(14)13-23(2)20(25)21-12-15-5-7-16(8-6-15)22-19(24)17-4-3-10-26-17/h3-11H,12-13H2,1-2H3,(H,21,25)(H,22,24). The molecule has 3 rings (SSSR count). The van der Waals surface area contributed by atoms with Gasteiger partial charge in [-0.25, -0.2) is 4.79 Å². The highest BCUT2D eigenvalue weighted by Gasteiger charge is 2.11. The van der Waals surface area contributed by atoms with Gasteiger partial charge in [0.1, 0.15) is 0 Å². The number of anilines is 1. The summed E-state index contributed by atoms with van der Waals surface area (Å²) >= 11 is 1.65. The van der Waals surface area contributed by atoms with Crippen molar-refractivity contribution in [3.05, 3.63) is 75.9 Å². The van der Waals surface area contributed by atoms with E-state index >= 15 is 0 Å². The Balaban J connectivity index is 1.48. The lowest BCUT2D eigenvalue weighted by atomic mass is 10.2. The van der Waals surface area contributed by atoms with Crippen molar-refractivity contribution in [2.45, 2.75) is 20.0 Å². The number of urea groups is 1. The molecule has 2 heterocycles. The van der Waals surface area contributed by atoms with Crippen LogP contribution < -0.4 is 10.6 Å². The molecule has 2 N–H and O–H groups in total. The van der Waals surface area contributed by atoms with Crippen molar-refractivity contribution in [1.29, 1.82) is 0 Å². The first-order valence-corrected chi connectivity index (χ1v) is 9.36. The third-order valence-electron chi connectivity index (χ3n) is 4.10. The average molecular weight is 383 g/mol. The van der Waals surface area contributed by atoms with Crippen LogP contribution >= 0.6 is 11.3 Å². The van der Waals surface area contributed by atoms with Gasteiger partial charge in [-0.05, 0) is 53.8 Å². The van der Waals surface area contributed by atoms with Crippen LogP contribution in [-0.4, -0.2) is 23.9 Å². The van der Waals surface area contributed by atoms with Crippen LogP contribution in [0, 0.1) is 6.92 Å². The number of hydrogen-bond donors (Lipinski definition) is 2. The second-order valence-corrected chi connectivity index (χ2v) is 7.17. The Kier molecular flexibility index (Phi) is 5.93. The second-order valence-electron chi connectivity index (χ2n) is 6.17. The number of carbonyl (C=O) groups excluding carboxylic acids is 2. The third-order valence-corrected chi connectivity index (χ3v) is 5.10. The molecule has 7 heteroatoms. The van der Waals surface area contributed by atoms with E-state index in [0.29, 0.717) is 18.8 Å². The van der Waals surface area contributed by atoms with Gasteiger partial charge in [-0.2, -0.15) is 0 Å². The summed E-state index contributed by atoms with van der Waals surface area (Å²) in [4.78, 5) is 27.0. The van der Waals surface area contributed by atoms with Crippen molar-refractivity contribution in [3.8, 4) is 0 Å². The summed E-state index contributed by atoms with van der Waals surface area (Å²) < 4.78 is 5.06. The first kappa shape index (κ1) is 18.7. The molecule has 1 aromatic carbocycles. The smallest absolute Gasteiger partial charge is 0.317 e. The molecule has 0 unspecified atom stereocenters. The molecule has 0 aliphatic rings. The molecule has 0 saturated carbocycles. The van der Waals surface area contributed by atoms with Gasteiger partial charge in [-0.1, -0.05) is 12.1 Å². The molecule has 0 bridgehead atoms. The summed E-state index contributed by atoms with van der Waals surface area (Å²) in [6.45, 7) is 3.05. The molecule has 3 amide bonds. The fraction of sp³-hybridized carbons (Fsp3) is 0.200. The van der Waals surface area contributed by atoms with Crippen LogP contribution in [0.3, 0.4) is 0 Å². The van der Waals surface area contributed by atoms with Crippen molar-refractivity contribution in [2.24, 2.45) is 0 Å². The molecule has 2 aromatic heterocycles. The highest BCUT2D eigenvalue weighted by molar-refractivity contribution is 7.10. The van der Waals surface area contributed by atoms with Crippen LogP contribution in [0.25, 0.3) is 0 Å². The minimum absolute atomic E-state index is 0.127. The summed E-state index contributed by atoms with van der Waals surface area (Å²) in [6.07, 6.45) is 1.46. The number of furan rings is 1. The fourth-order valence-electron chi connectivity index (χ4n) is 2.47. The van der Waals surface area contributed by atoms with Crippen molar-refractivity contribution in [3.63, 3.8) is 0 Å². The van der Waals surface area contributed by atoms with Crippen molar-refractivity contribution in [2.75, 3.05) is 12.4 Å². The van der Waals surface area contributed by atoms with Crippen molar-refractivity contribution >= 4 is 29.0 Å². The van der Waals surface area contributed by atoms with Crippen LogP contribution in [0.2, 0.25) is 0 Å². The minimum atomic E-state index is -0.299.